The molecule has 1 aromatic rings. The molecule has 0 bridgehead atoms. The van der Waals surface area contributed by atoms with E-state index in [-0.39, 0.29) is 23.3 Å². The number of rotatable bonds is 3. The van der Waals surface area contributed by atoms with Gasteiger partial charge in [0.1, 0.15) is 5.51 Å². The Morgan fingerprint density at radius 3 is 2.83 bits per heavy atom. The Balaban J connectivity index is 2.11. The van der Waals surface area contributed by atoms with E-state index < -0.39 is 5.97 Å². The van der Waals surface area contributed by atoms with Gasteiger partial charge in [0.15, 0.2) is 0 Å². The number of aromatic nitrogens is 2. The summed E-state index contributed by atoms with van der Waals surface area (Å²) in [5.41, 5.74) is 1.48. The zero-order chi connectivity index (χ0) is 13.3. The lowest BCUT2D eigenvalue weighted by Gasteiger charge is -2.46. The summed E-state index contributed by atoms with van der Waals surface area (Å²) in [5.74, 6) is -0.669. The normalized spacial score (nSPS) is 30.9. The molecule has 5 nitrogen and oxygen atoms in total. The lowest BCUT2D eigenvalue weighted by Crippen LogP contribution is -2.48. The van der Waals surface area contributed by atoms with Crippen LogP contribution in [0.2, 0.25) is 0 Å². The van der Waals surface area contributed by atoms with E-state index in [9.17, 15) is 9.90 Å². The summed E-state index contributed by atoms with van der Waals surface area (Å²) in [6, 6.07) is 0.267. The van der Waals surface area contributed by atoms with Gasteiger partial charge in [0.05, 0.1) is 5.92 Å². The summed E-state index contributed by atoms with van der Waals surface area (Å²) in [5, 5.41) is 21.3. The number of aliphatic carboxylic acids is 1. The predicted octanol–water partition coefficient (Wildman–Crippen LogP) is 2.48. The van der Waals surface area contributed by atoms with Gasteiger partial charge in [-0.2, -0.15) is 0 Å². The van der Waals surface area contributed by atoms with Gasteiger partial charge >= 0.3 is 5.97 Å². The molecule has 1 aliphatic carbocycles. The van der Waals surface area contributed by atoms with E-state index in [1.807, 2.05) is 13.8 Å². The van der Waals surface area contributed by atoms with E-state index in [0.29, 0.717) is 6.42 Å². The molecule has 18 heavy (non-hydrogen) atoms. The predicted molar refractivity (Wildman–Crippen MR) is 70.6 cm³/mol. The largest absolute Gasteiger partial charge is 0.481 e. The minimum Gasteiger partial charge on any atom is -0.481 e. The highest BCUT2D eigenvalue weighted by atomic mass is 32.1. The number of hydrogen-bond acceptors (Lipinski definition) is 5. The SMILES string of the molecule is CC1C(Nc2nncs2)CCC(C(=O)O)C1(C)C. The van der Waals surface area contributed by atoms with Gasteiger partial charge in [-0.3, -0.25) is 4.79 Å². The van der Waals surface area contributed by atoms with E-state index in [0.717, 1.165) is 11.6 Å². The van der Waals surface area contributed by atoms with Crippen molar-refractivity contribution in [3.63, 3.8) is 0 Å². The first kappa shape index (κ1) is 13.3. The van der Waals surface area contributed by atoms with Crippen molar-refractivity contribution in [2.45, 2.75) is 39.7 Å². The summed E-state index contributed by atoms with van der Waals surface area (Å²) in [6.07, 6.45) is 1.57. The van der Waals surface area contributed by atoms with Crippen molar-refractivity contribution >= 4 is 22.4 Å². The molecular formula is C12H19N3O2S. The molecule has 0 aromatic carbocycles. The molecule has 1 fully saturated rings. The fraction of sp³-hybridized carbons (Fsp3) is 0.750. The maximum absolute atomic E-state index is 11.3. The fourth-order valence-corrected chi connectivity index (χ4v) is 3.35. The van der Waals surface area contributed by atoms with Crippen LogP contribution in [0.15, 0.2) is 5.51 Å². The van der Waals surface area contributed by atoms with Crippen molar-refractivity contribution in [1.82, 2.24) is 10.2 Å². The lowest BCUT2D eigenvalue weighted by atomic mass is 9.61. The van der Waals surface area contributed by atoms with Gasteiger partial charge in [-0.15, -0.1) is 10.2 Å². The van der Waals surface area contributed by atoms with Gasteiger partial charge in [0, 0.05) is 6.04 Å². The number of hydrogen-bond donors (Lipinski definition) is 2. The van der Waals surface area contributed by atoms with Crippen LogP contribution in [0.3, 0.4) is 0 Å². The third-order valence-corrected chi connectivity index (χ3v) is 5.03. The summed E-state index contributed by atoms with van der Waals surface area (Å²) in [7, 11) is 0. The van der Waals surface area contributed by atoms with Crippen LogP contribution < -0.4 is 5.32 Å². The Bertz CT molecular complexity index is 419. The van der Waals surface area contributed by atoms with E-state index >= 15 is 0 Å². The first-order valence-electron chi connectivity index (χ1n) is 6.18. The van der Waals surface area contributed by atoms with Gasteiger partial charge < -0.3 is 10.4 Å². The average Bonchev–Trinajstić information content (AvgIpc) is 2.77. The highest BCUT2D eigenvalue weighted by Gasteiger charge is 2.46. The molecule has 2 N–H and O–H groups in total. The third-order valence-electron chi connectivity index (χ3n) is 4.41. The van der Waals surface area contributed by atoms with Crippen LogP contribution in [0, 0.1) is 17.3 Å². The molecule has 0 spiro atoms. The Hall–Kier alpha value is -1.17. The van der Waals surface area contributed by atoms with E-state index in [1.54, 1.807) is 5.51 Å². The molecule has 1 heterocycles. The summed E-state index contributed by atoms with van der Waals surface area (Å²) < 4.78 is 0. The first-order chi connectivity index (χ1) is 8.43. The van der Waals surface area contributed by atoms with E-state index in [4.69, 9.17) is 0 Å². The first-order valence-corrected chi connectivity index (χ1v) is 7.06. The quantitative estimate of drug-likeness (QED) is 0.881. The van der Waals surface area contributed by atoms with Crippen LogP contribution >= 0.6 is 11.3 Å². The molecule has 100 valence electrons. The van der Waals surface area contributed by atoms with E-state index in [2.05, 4.69) is 22.4 Å². The van der Waals surface area contributed by atoms with Crippen LogP contribution in [0.4, 0.5) is 5.13 Å². The monoisotopic (exact) mass is 269 g/mol. The Morgan fingerprint density at radius 2 is 2.28 bits per heavy atom. The number of carboxylic acid groups (broad SMARTS) is 1. The maximum Gasteiger partial charge on any atom is 0.307 e. The highest BCUT2D eigenvalue weighted by molar-refractivity contribution is 7.13. The second kappa shape index (κ2) is 4.84. The van der Waals surface area contributed by atoms with Gasteiger partial charge in [0.25, 0.3) is 0 Å². The summed E-state index contributed by atoms with van der Waals surface area (Å²) >= 11 is 1.48. The fourth-order valence-electron chi connectivity index (χ4n) is 2.84. The van der Waals surface area contributed by atoms with Gasteiger partial charge in [-0.1, -0.05) is 32.1 Å². The van der Waals surface area contributed by atoms with Crippen LogP contribution in [0.5, 0.6) is 0 Å². The van der Waals surface area contributed by atoms with Crippen LogP contribution in [0.25, 0.3) is 0 Å². The van der Waals surface area contributed by atoms with Crippen molar-refractivity contribution in [3.8, 4) is 0 Å². The van der Waals surface area contributed by atoms with E-state index in [1.165, 1.54) is 11.3 Å². The molecule has 1 aromatic heterocycles. The Kier molecular flexibility index (Phi) is 3.56. The number of carbonyl (C=O) groups is 1. The van der Waals surface area contributed by atoms with Gasteiger partial charge in [0.2, 0.25) is 5.13 Å². The summed E-state index contributed by atoms with van der Waals surface area (Å²) in [4.78, 5) is 11.3. The van der Waals surface area contributed by atoms with Crippen molar-refractivity contribution in [1.29, 1.82) is 0 Å². The number of carboxylic acids is 1. The van der Waals surface area contributed by atoms with Crippen molar-refractivity contribution < 1.29 is 9.90 Å². The van der Waals surface area contributed by atoms with Gasteiger partial charge in [-0.25, -0.2) is 0 Å². The minimum atomic E-state index is -0.679. The molecule has 0 radical (unpaired) electrons. The standard InChI is InChI=1S/C12H19N3O2S/c1-7-9(14-11-15-13-6-18-11)5-4-8(10(16)17)12(7,2)3/h6-9H,4-5H2,1-3H3,(H,14,15)(H,16,17). The van der Waals surface area contributed by atoms with Crippen LogP contribution in [-0.4, -0.2) is 27.3 Å². The second-order valence-corrected chi connectivity index (χ2v) is 6.41. The second-order valence-electron chi connectivity index (χ2n) is 5.57. The average molecular weight is 269 g/mol. The molecule has 3 atom stereocenters. The Labute approximate surface area is 111 Å². The minimum absolute atomic E-state index is 0.216. The van der Waals surface area contributed by atoms with Crippen molar-refractivity contribution in [2.75, 3.05) is 5.32 Å². The molecule has 1 aliphatic rings. The highest BCUT2D eigenvalue weighted by Crippen LogP contribution is 2.45. The molecule has 1 saturated carbocycles. The zero-order valence-electron chi connectivity index (χ0n) is 10.9. The molecule has 0 amide bonds. The molecule has 6 heteroatoms. The van der Waals surface area contributed by atoms with Crippen molar-refractivity contribution in [2.24, 2.45) is 17.3 Å². The topological polar surface area (TPSA) is 75.1 Å². The molecule has 3 unspecified atom stereocenters. The molecular weight excluding hydrogens is 250 g/mol. The Morgan fingerprint density at radius 1 is 1.56 bits per heavy atom. The molecule has 0 saturated heterocycles. The van der Waals surface area contributed by atoms with Crippen LogP contribution in [-0.2, 0) is 4.79 Å². The lowest BCUT2D eigenvalue weighted by molar-refractivity contribution is -0.149. The van der Waals surface area contributed by atoms with Crippen LogP contribution in [0.1, 0.15) is 33.6 Å². The number of anilines is 1. The molecule has 2 rings (SSSR count). The third kappa shape index (κ3) is 2.34. The van der Waals surface area contributed by atoms with Gasteiger partial charge in [-0.05, 0) is 24.2 Å². The molecule has 0 aliphatic heterocycles. The maximum atomic E-state index is 11.3. The van der Waals surface area contributed by atoms with Crippen molar-refractivity contribution in [3.05, 3.63) is 5.51 Å². The summed E-state index contributed by atoms with van der Waals surface area (Å²) in [6.45, 7) is 6.21. The zero-order valence-corrected chi connectivity index (χ0v) is 11.7. The smallest absolute Gasteiger partial charge is 0.307 e. The number of nitrogens with zero attached hydrogens (tertiary/aromatic N) is 2. The number of nitrogens with one attached hydrogen (secondary N) is 1.